The predicted octanol–water partition coefficient (Wildman–Crippen LogP) is 3.69. The van der Waals surface area contributed by atoms with E-state index < -0.39 is 0 Å². The Hall–Kier alpha value is -5.13. The molecule has 0 saturated carbocycles. The average molecular weight is 537 g/mol. The highest BCUT2D eigenvalue weighted by Crippen LogP contribution is 2.32. The minimum absolute atomic E-state index is 0.0626. The van der Waals surface area contributed by atoms with Crippen LogP contribution in [-0.4, -0.2) is 71.9 Å². The quantitative estimate of drug-likeness (QED) is 0.321. The third kappa shape index (κ3) is 4.75. The van der Waals surface area contributed by atoms with Crippen molar-refractivity contribution >= 4 is 45.4 Å². The van der Waals surface area contributed by atoms with Crippen LogP contribution in [0, 0.1) is 13.8 Å². The number of hydrogen-bond acceptors (Lipinski definition) is 10. The van der Waals surface area contributed by atoms with Crippen LogP contribution in [0.5, 0.6) is 11.5 Å². The highest BCUT2D eigenvalue weighted by molar-refractivity contribution is 5.88. The number of piperazine rings is 1. The molecule has 3 aromatic heterocycles. The maximum absolute atomic E-state index is 11.9. The lowest BCUT2D eigenvalue weighted by Gasteiger charge is -2.34. The Balaban J connectivity index is 1.21. The van der Waals surface area contributed by atoms with Crippen LogP contribution in [0.15, 0.2) is 55.5 Å². The monoisotopic (exact) mass is 536 g/mol. The van der Waals surface area contributed by atoms with Gasteiger partial charge in [0, 0.05) is 45.0 Å². The largest absolute Gasteiger partial charge is 0.457 e. The number of amides is 1. The molecule has 12 nitrogen and oxygen atoms in total. The molecule has 0 radical (unpaired) electrons. The van der Waals surface area contributed by atoms with E-state index in [9.17, 15) is 4.79 Å². The molecule has 0 unspecified atom stereocenters. The third-order valence-corrected chi connectivity index (χ3v) is 6.94. The second-order valence-electron chi connectivity index (χ2n) is 9.67. The molecule has 40 heavy (non-hydrogen) atoms. The lowest BCUT2D eigenvalue weighted by Crippen LogP contribution is -2.48. The second-order valence-corrected chi connectivity index (χ2v) is 9.67. The minimum atomic E-state index is -0.0626. The molecule has 0 atom stereocenters. The fourth-order valence-electron chi connectivity index (χ4n) is 4.89. The van der Waals surface area contributed by atoms with E-state index in [1.807, 2.05) is 51.2 Å². The molecule has 4 heterocycles. The fraction of sp³-hybridized carbons (Fsp3) is 0.250. The molecule has 1 N–H and O–H groups in total. The van der Waals surface area contributed by atoms with Crippen molar-refractivity contribution in [3.05, 3.63) is 66.6 Å². The molecule has 5 aromatic rings. The summed E-state index contributed by atoms with van der Waals surface area (Å²) in [7, 11) is 1.88. The van der Waals surface area contributed by atoms with Crippen LogP contribution in [0.3, 0.4) is 0 Å². The number of nitrogens with one attached hydrogen (secondary N) is 1. The molecule has 1 aliphatic rings. The van der Waals surface area contributed by atoms with Crippen molar-refractivity contribution in [1.82, 2.24) is 39.8 Å². The van der Waals surface area contributed by atoms with E-state index in [-0.39, 0.29) is 5.91 Å². The first-order valence-corrected chi connectivity index (χ1v) is 12.9. The van der Waals surface area contributed by atoms with Gasteiger partial charge in [-0.2, -0.15) is 0 Å². The Morgan fingerprint density at radius 1 is 1.02 bits per heavy atom. The predicted molar refractivity (Wildman–Crippen MR) is 152 cm³/mol. The third-order valence-electron chi connectivity index (χ3n) is 6.94. The van der Waals surface area contributed by atoms with Crippen LogP contribution in [0.25, 0.3) is 22.1 Å². The molecule has 1 saturated heterocycles. The molecular formula is C28H28N10O2. The summed E-state index contributed by atoms with van der Waals surface area (Å²) in [4.78, 5) is 33.8. The Labute approximate surface area is 230 Å². The van der Waals surface area contributed by atoms with Gasteiger partial charge in [-0.1, -0.05) is 11.8 Å². The van der Waals surface area contributed by atoms with Crippen molar-refractivity contribution in [2.45, 2.75) is 13.8 Å². The van der Waals surface area contributed by atoms with Crippen molar-refractivity contribution in [3.8, 4) is 11.5 Å². The summed E-state index contributed by atoms with van der Waals surface area (Å²) in [6.45, 7) is 10.0. The molecule has 2 aromatic carbocycles. The molecule has 6 rings (SSSR count). The van der Waals surface area contributed by atoms with Crippen LogP contribution >= 0.6 is 0 Å². The zero-order valence-electron chi connectivity index (χ0n) is 22.5. The van der Waals surface area contributed by atoms with Crippen molar-refractivity contribution in [3.63, 3.8) is 0 Å². The molecular weight excluding hydrogens is 508 g/mol. The zero-order chi connectivity index (χ0) is 27.8. The number of hydrogen-bond donors (Lipinski definition) is 1. The van der Waals surface area contributed by atoms with E-state index in [2.05, 4.69) is 42.1 Å². The maximum Gasteiger partial charge on any atom is 0.246 e. The van der Waals surface area contributed by atoms with E-state index in [0.29, 0.717) is 54.7 Å². The molecule has 1 amide bonds. The summed E-state index contributed by atoms with van der Waals surface area (Å²) in [5.41, 5.74) is 5.84. The van der Waals surface area contributed by atoms with Crippen molar-refractivity contribution < 1.29 is 9.53 Å². The van der Waals surface area contributed by atoms with Gasteiger partial charge in [-0.05, 0) is 55.3 Å². The lowest BCUT2D eigenvalue weighted by molar-refractivity contribution is -0.126. The van der Waals surface area contributed by atoms with Gasteiger partial charge < -0.3 is 19.9 Å². The van der Waals surface area contributed by atoms with Gasteiger partial charge in [0.05, 0.1) is 11.7 Å². The highest BCUT2D eigenvalue weighted by Gasteiger charge is 2.22. The summed E-state index contributed by atoms with van der Waals surface area (Å²) in [6.07, 6.45) is 4.53. The van der Waals surface area contributed by atoms with Crippen LogP contribution in [0.1, 0.15) is 11.1 Å². The first-order valence-electron chi connectivity index (χ1n) is 12.9. The lowest BCUT2D eigenvalue weighted by atomic mass is 10.1. The minimum Gasteiger partial charge on any atom is -0.457 e. The van der Waals surface area contributed by atoms with Gasteiger partial charge in [0.2, 0.25) is 11.9 Å². The molecule has 0 aliphatic carbocycles. The number of rotatable bonds is 6. The average Bonchev–Trinajstić information content (AvgIpc) is 3.35. The molecule has 202 valence electrons. The number of nitrogens with zero attached hydrogens (tertiary/aromatic N) is 9. The summed E-state index contributed by atoms with van der Waals surface area (Å²) in [5.74, 6) is 2.53. The van der Waals surface area contributed by atoms with E-state index in [1.165, 1.54) is 12.4 Å². The first-order chi connectivity index (χ1) is 19.4. The van der Waals surface area contributed by atoms with E-state index in [1.54, 1.807) is 15.8 Å². The zero-order valence-corrected chi connectivity index (χ0v) is 22.5. The number of aryl methyl sites for hydroxylation is 3. The van der Waals surface area contributed by atoms with Gasteiger partial charge in [0.15, 0.2) is 5.82 Å². The van der Waals surface area contributed by atoms with Gasteiger partial charge in [-0.15, -0.1) is 5.10 Å². The van der Waals surface area contributed by atoms with Gasteiger partial charge in [0.1, 0.15) is 34.4 Å². The normalized spacial score (nSPS) is 13.6. The second kappa shape index (κ2) is 10.2. The van der Waals surface area contributed by atoms with Gasteiger partial charge in [-0.3, -0.25) is 4.79 Å². The summed E-state index contributed by atoms with van der Waals surface area (Å²) >= 11 is 0. The summed E-state index contributed by atoms with van der Waals surface area (Å²) in [5, 5.41) is 11.7. The number of carbonyl (C=O) groups excluding carboxylic acids is 1. The summed E-state index contributed by atoms with van der Waals surface area (Å²) < 4.78 is 7.97. The molecule has 12 heteroatoms. The van der Waals surface area contributed by atoms with E-state index in [4.69, 9.17) is 9.72 Å². The maximum atomic E-state index is 11.9. The number of benzene rings is 2. The molecule has 1 aliphatic heterocycles. The van der Waals surface area contributed by atoms with Crippen LogP contribution in [0.4, 0.5) is 17.5 Å². The Morgan fingerprint density at radius 2 is 1.85 bits per heavy atom. The Kier molecular flexibility index (Phi) is 6.42. The number of fused-ring (bicyclic) bond motifs is 2. The van der Waals surface area contributed by atoms with Crippen molar-refractivity contribution in [2.24, 2.45) is 7.05 Å². The van der Waals surface area contributed by atoms with Crippen LogP contribution in [-0.2, 0) is 11.8 Å². The van der Waals surface area contributed by atoms with Gasteiger partial charge >= 0.3 is 0 Å². The topological polar surface area (TPSA) is 127 Å². The number of ether oxygens (including phenoxy) is 1. The standard InChI is InChI=1S/C28H28N10O2/c1-5-24(39)37-8-10-38(11-9-37)28-29-15-22-25(33-28)27(31-16-30-22)32-19-6-7-23(17(2)12-19)40-20-13-18(3)26-21(14-20)34-35-36(26)4/h5-7,12-16H,1,8-11H2,2-4H3,(H,30,31,32). The van der Waals surface area contributed by atoms with Crippen LogP contribution in [0.2, 0.25) is 0 Å². The summed E-state index contributed by atoms with van der Waals surface area (Å²) in [6, 6.07) is 9.72. The highest BCUT2D eigenvalue weighted by atomic mass is 16.5. The van der Waals surface area contributed by atoms with Crippen molar-refractivity contribution in [1.29, 1.82) is 0 Å². The van der Waals surface area contributed by atoms with E-state index >= 15 is 0 Å². The smallest absolute Gasteiger partial charge is 0.246 e. The molecule has 0 spiro atoms. The number of anilines is 3. The number of carbonyl (C=O) groups is 1. The van der Waals surface area contributed by atoms with E-state index in [0.717, 1.165) is 33.6 Å². The Morgan fingerprint density at radius 3 is 2.62 bits per heavy atom. The molecule has 0 bridgehead atoms. The van der Waals surface area contributed by atoms with Gasteiger partial charge in [-0.25, -0.2) is 24.6 Å². The van der Waals surface area contributed by atoms with Crippen molar-refractivity contribution in [2.75, 3.05) is 36.4 Å². The molecule has 1 fully saturated rings. The number of aromatic nitrogens is 7. The Bertz CT molecular complexity index is 1760. The fourth-order valence-corrected chi connectivity index (χ4v) is 4.89. The van der Waals surface area contributed by atoms with Crippen LogP contribution < -0.4 is 15.0 Å². The van der Waals surface area contributed by atoms with Gasteiger partial charge in [0.25, 0.3) is 0 Å². The SMILES string of the molecule is C=CC(=O)N1CCN(c2ncc3ncnc(Nc4ccc(Oc5cc(C)c6c(c5)nnn6C)c(C)c4)c3n2)CC1. The first kappa shape index (κ1) is 25.2.